The number of carbonyl (C=O) groups excluding carboxylic acids is 1. The van der Waals surface area contributed by atoms with Gasteiger partial charge in [-0.3, -0.25) is 10.1 Å². The van der Waals surface area contributed by atoms with E-state index in [1.54, 1.807) is 25.3 Å². The predicted octanol–water partition coefficient (Wildman–Crippen LogP) is 4.67. The summed E-state index contributed by atoms with van der Waals surface area (Å²) in [7, 11) is 1.59. The fourth-order valence-corrected chi connectivity index (χ4v) is 4.11. The molecule has 0 bridgehead atoms. The highest BCUT2D eigenvalue weighted by atomic mass is 79.9. The number of halogens is 1. The first-order chi connectivity index (χ1) is 11.7. The molecule has 0 radical (unpaired) electrons. The molecule has 1 aliphatic rings. The summed E-state index contributed by atoms with van der Waals surface area (Å²) in [5.74, 6) is 1.22. The lowest BCUT2D eigenvalue weighted by molar-refractivity contribution is 0.0976. The van der Waals surface area contributed by atoms with Gasteiger partial charge in [-0.05, 0) is 83.4 Å². The van der Waals surface area contributed by atoms with Gasteiger partial charge >= 0.3 is 0 Å². The Balaban J connectivity index is 1.84. The van der Waals surface area contributed by atoms with Gasteiger partial charge in [0, 0.05) is 11.6 Å². The fraction of sp³-hybridized carbons (Fsp3) is 0.579. The van der Waals surface area contributed by atoms with Gasteiger partial charge < -0.3 is 10.1 Å². The number of ether oxygens (including phenoxy) is 1. The monoisotopic (exact) mass is 426 g/mol. The Morgan fingerprint density at radius 3 is 2.40 bits per heavy atom. The normalized spacial score (nSPS) is 20.7. The maximum absolute atomic E-state index is 12.3. The van der Waals surface area contributed by atoms with E-state index in [1.165, 1.54) is 12.8 Å². The smallest absolute Gasteiger partial charge is 0.257 e. The Morgan fingerprint density at radius 2 is 1.88 bits per heavy atom. The molecule has 1 aromatic carbocycles. The number of rotatable bonds is 3. The van der Waals surface area contributed by atoms with E-state index in [0.717, 1.165) is 23.2 Å². The Hall–Kier alpha value is -1.14. The Labute approximate surface area is 164 Å². The fourth-order valence-electron chi connectivity index (χ4n) is 3.31. The van der Waals surface area contributed by atoms with Gasteiger partial charge in [0.1, 0.15) is 5.75 Å². The molecule has 0 aromatic heterocycles. The lowest BCUT2D eigenvalue weighted by Gasteiger charge is -2.37. The minimum atomic E-state index is -0.218. The van der Waals surface area contributed by atoms with Crippen molar-refractivity contribution < 1.29 is 9.53 Å². The van der Waals surface area contributed by atoms with Crippen LogP contribution in [0.5, 0.6) is 5.75 Å². The van der Waals surface area contributed by atoms with Crippen LogP contribution in [0.1, 0.15) is 56.8 Å². The number of benzene rings is 1. The minimum absolute atomic E-state index is 0.218. The number of amides is 1. The number of nitrogens with one attached hydrogen (secondary N) is 2. The summed E-state index contributed by atoms with van der Waals surface area (Å²) in [6.07, 6.45) is 4.57. The molecule has 25 heavy (non-hydrogen) atoms. The van der Waals surface area contributed by atoms with Gasteiger partial charge in [0.2, 0.25) is 0 Å². The molecule has 1 fully saturated rings. The van der Waals surface area contributed by atoms with Crippen molar-refractivity contribution in [2.75, 3.05) is 7.11 Å². The molecule has 0 saturated heterocycles. The second-order valence-corrected chi connectivity index (χ2v) is 8.95. The number of carbonyl (C=O) groups is 1. The van der Waals surface area contributed by atoms with Gasteiger partial charge in [-0.2, -0.15) is 0 Å². The van der Waals surface area contributed by atoms with Crippen molar-refractivity contribution in [3.63, 3.8) is 0 Å². The van der Waals surface area contributed by atoms with Gasteiger partial charge in [-0.15, -0.1) is 0 Å². The van der Waals surface area contributed by atoms with Gasteiger partial charge in [0.15, 0.2) is 5.11 Å². The summed E-state index contributed by atoms with van der Waals surface area (Å²) < 4.78 is 5.92. The number of hydrogen-bond donors (Lipinski definition) is 2. The lowest BCUT2D eigenvalue weighted by Crippen LogP contribution is -2.46. The van der Waals surface area contributed by atoms with Gasteiger partial charge in [-0.25, -0.2) is 0 Å². The molecule has 0 unspecified atom stereocenters. The molecule has 0 aliphatic heterocycles. The molecule has 2 rings (SSSR count). The number of thiocarbonyl (C=S) groups is 1. The maximum Gasteiger partial charge on any atom is 0.257 e. The van der Waals surface area contributed by atoms with E-state index in [4.69, 9.17) is 17.0 Å². The van der Waals surface area contributed by atoms with Crippen molar-refractivity contribution in [3.8, 4) is 5.75 Å². The summed E-state index contributed by atoms with van der Waals surface area (Å²) in [4.78, 5) is 12.3. The first kappa shape index (κ1) is 20.2. The van der Waals surface area contributed by atoms with Crippen molar-refractivity contribution in [3.05, 3.63) is 28.2 Å². The first-order valence-electron chi connectivity index (χ1n) is 8.66. The Morgan fingerprint density at radius 1 is 1.24 bits per heavy atom. The van der Waals surface area contributed by atoms with Crippen LogP contribution in [0.2, 0.25) is 0 Å². The van der Waals surface area contributed by atoms with Crippen molar-refractivity contribution in [1.29, 1.82) is 0 Å². The Bertz CT molecular complexity index is 635. The van der Waals surface area contributed by atoms with Crippen LogP contribution in [-0.2, 0) is 0 Å². The van der Waals surface area contributed by atoms with Crippen molar-refractivity contribution in [2.24, 2.45) is 11.3 Å². The van der Waals surface area contributed by atoms with Crippen LogP contribution in [0.25, 0.3) is 0 Å². The molecule has 0 heterocycles. The highest BCUT2D eigenvalue weighted by Gasteiger charge is 2.29. The molecular formula is C19H27BrN2O2S. The zero-order valence-electron chi connectivity index (χ0n) is 15.3. The predicted molar refractivity (Wildman–Crippen MR) is 109 cm³/mol. The quantitative estimate of drug-likeness (QED) is 0.689. The van der Waals surface area contributed by atoms with Crippen molar-refractivity contribution in [2.45, 2.75) is 52.5 Å². The zero-order chi connectivity index (χ0) is 18.6. The summed E-state index contributed by atoms with van der Waals surface area (Å²) in [6, 6.07) is 5.54. The molecule has 4 nitrogen and oxygen atoms in total. The van der Waals surface area contributed by atoms with E-state index in [1.807, 2.05) is 0 Å². The molecular weight excluding hydrogens is 400 g/mol. The summed E-state index contributed by atoms with van der Waals surface area (Å²) >= 11 is 8.71. The third kappa shape index (κ3) is 5.68. The van der Waals surface area contributed by atoms with Crippen LogP contribution < -0.4 is 15.4 Å². The highest BCUT2D eigenvalue weighted by molar-refractivity contribution is 9.10. The largest absolute Gasteiger partial charge is 0.496 e. The van der Waals surface area contributed by atoms with Crippen LogP contribution in [0.15, 0.2) is 22.7 Å². The topological polar surface area (TPSA) is 50.4 Å². The van der Waals surface area contributed by atoms with Crippen LogP contribution >= 0.6 is 28.1 Å². The van der Waals surface area contributed by atoms with Crippen LogP contribution in [0.3, 0.4) is 0 Å². The first-order valence-corrected chi connectivity index (χ1v) is 9.86. The third-order valence-corrected chi connectivity index (χ3v) is 5.77. The number of hydrogen-bond acceptors (Lipinski definition) is 3. The van der Waals surface area contributed by atoms with E-state index in [9.17, 15) is 4.79 Å². The molecule has 6 heteroatoms. The molecule has 2 N–H and O–H groups in total. The second-order valence-electron chi connectivity index (χ2n) is 7.69. The van der Waals surface area contributed by atoms with E-state index in [2.05, 4.69) is 47.3 Å². The third-order valence-electron chi connectivity index (χ3n) is 4.93. The van der Waals surface area contributed by atoms with Gasteiger partial charge in [0.05, 0.1) is 11.6 Å². The summed E-state index contributed by atoms with van der Waals surface area (Å²) in [6.45, 7) is 6.93. The molecule has 1 aliphatic carbocycles. The molecule has 138 valence electrons. The van der Waals surface area contributed by atoms with Gasteiger partial charge in [0.25, 0.3) is 5.91 Å². The lowest BCUT2D eigenvalue weighted by atomic mass is 9.71. The zero-order valence-corrected chi connectivity index (χ0v) is 17.7. The summed E-state index contributed by atoms with van der Waals surface area (Å²) in [5, 5.41) is 6.46. The molecule has 1 amide bonds. The molecule has 0 atom stereocenters. The van der Waals surface area contributed by atoms with Crippen molar-refractivity contribution >= 4 is 39.2 Å². The van der Waals surface area contributed by atoms with Crippen LogP contribution in [0.4, 0.5) is 0 Å². The average Bonchev–Trinajstić information content (AvgIpc) is 2.54. The average molecular weight is 427 g/mol. The molecule has 0 spiro atoms. The van der Waals surface area contributed by atoms with Crippen molar-refractivity contribution in [1.82, 2.24) is 10.6 Å². The second kappa shape index (κ2) is 8.49. The van der Waals surface area contributed by atoms with E-state index < -0.39 is 0 Å². The standard InChI is InChI=1S/C19H27BrN2O2S/c1-19(2,3)13-6-8-14(9-7-13)21-18(25)22-17(23)12-5-10-16(24-4)15(20)11-12/h5,10-11,13-14H,6-9H2,1-4H3,(H2,21,22,23,25). The van der Waals surface area contributed by atoms with Crippen LogP contribution in [0, 0.1) is 11.3 Å². The van der Waals surface area contributed by atoms with E-state index in [-0.39, 0.29) is 5.91 Å². The SMILES string of the molecule is COc1ccc(C(=O)NC(=S)NC2CCC(C(C)(C)C)CC2)cc1Br. The molecule has 1 saturated carbocycles. The van der Waals surface area contributed by atoms with E-state index >= 15 is 0 Å². The van der Waals surface area contributed by atoms with Crippen LogP contribution in [-0.4, -0.2) is 24.2 Å². The highest BCUT2D eigenvalue weighted by Crippen LogP contribution is 2.37. The maximum atomic E-state index is 12.3. The Kier molecular flexibility index (Phi) is 6.86. The van der Waals surface area contributed by atoms with E-state index in [0.29, 0.717) is 27.9 Å². The summed E-state index contributed by atoms with van der Waals surface area (Å²) in [5.41, 5.74) is 0.898. The van der Waals surface area contributed by atoms with Gasteiger partial charge in [-0.1, -0.05) is 20.8 Å². The number of methoxy groups -OCH3 is 1. The molecule has 1 aromatic rings. The minimum Gasteiger partial charge on any atom is -0.496 e.